The van der Waals surface area contributed by atoms with Crippen molar-refractivity contribution in [3.63, 3.8) is 0 Å². The van der Waals surface area contributed by atoms with Crippen molar-refractivity contribution in [2.24, 2.45) is 11.7 Å². The average molecular weight is 342 g/mol. The summed E-state index contributed by atoms with van der Waals surface area (Å²) in [6.07, 6.45) is 0.631. The predicted molar refractivity (Wildman–Crippen MR) is 86.5 cm³/mol. The molecule has 23 heavy (non-hydrogen) atoms. The van der Waals surface area contributed by atoms with E-state index in [4.69, 9.17) is 17.3 Å². The normalized spacial score (nSPS) is 21.0. The van der Waals surface area contributed by atoms with Crippen molar-refractivity contribution in [2.75, 3.05) is 6.54 Å². The SMILES string of the molecule is CC(C)[C@H](N)C(=O)NCC(=O)NC1CC1c1c(F)cccc1Cl. The van der Waals surface area contributed by atoms with Crippen LogP contribution < -0.4 is 16.4 Å². The Bertz CT molecular complexity index is 589. The van der Waals surface area contributed by atoms with Gasteiger partial charge in [0.1, 0.15) is 5.82 Å². The first-order valence-corrected chi connectivity index (χ1v) is 7.95. The minimum atomic E-state index is -0.645. The Balaban J connectivity index is 1.81. The molecule has 1 aliphatic carbocycles. The van der Waals surface area contributed by atoms with E-state index in [1.807, 2.05) is 13.8 Å². The largest absolute Gasteiger partial charge is 0.351 e. The lowest BCUT2D eigenvalue weighted by atomic mass is 10.1. The number of rotatable bonds is 6. The highest BCUT2D eigenvalue weighted by Gasteiger charge is 2.42. The summed E-state index contributed by atoms with van der Waals surface area (Å²) < 4.78 is 13.8. The molecule has 2 unspecified atom stereocenters. The van der Waals surface area contributed by atoms with Crippen molar-refractivity contribution in [2.45, 2.75) is 38.3 Å². The van der Waals surface area contributed by atoms with E-state index in [1.165, 1.54) is 6.07 Å². The van der Waals surface area contributed by atoms with Crippen LogP contribution in [0.4, 0.5) is 4.39 Å². The van der Waals surface area contributed by atoms with Crippen molar-refractivity contribution < 1.29 is 14.0 Å². The zero-order valence-electron chi connectivity index (χ0n) is 13.1. The quantitative estimate of drug-likeness (QED) is 0.734. The minimum Gasteiger partial charge on any atom is -0.351 e. The van der Waals surface area contributed by atoms with E-state index < -0.39 is 6.04 Å². The van der Waals surface area contributed by atoms with Gasteiger partial charge in [0.25, 0.3) is 0 Å². The summed E-state index contributed by atoms with van der Waals surface area (Å²) >= 11 is 6.01. The molecule has 0 aliphatic heterocycles. The molecule has 0 radical (unpaired) electrons. The van der Waals surface area contributed by atoms with Crippen LogP contribution in [0.3, 0.4) is 0 Å². The fourth-order valence-corrected chi connectivity index (χ4v) is 2.69. The van der Waals surface area contributed by atoms with E-state index in [1.54, 1.807) is 12.1 Å². The standard InChI is InChI=1S/C16H21ClFN3O2/c1-8(2)15(19)16(23)20-7-13(22)21-12-6-9(12)14-10(17)4-3-5-11(14)18/h3-5,8-9,12,15H,6-7,19H2,1-2H3,(H,20,23)(H,21,22)/t9?,12?,15-/m0/s1. The molecule has 0 spiro atoms. The average Bonchev–Trinajstić information content (AvgIpc) is 3.22. The van der Waals surface area contributed by atoms with E-state index in [-0.39, 0.29) is 42.1 Å². The van der Waals surface area contributed by atoms with E-state index in [0.29, 0.717) is 17.0 Å². The molecule has 5 nitrogen and oxygen atoms in total. The molecule has 0 heterocycles. The van der Waals surface area contributed by atoms with Crippen LogP contribution in [0.2, 0.25) is 5.02 Å². The predicted octanol–water partition coefficient (Wildman–Crippen LogP) is 1.55. The maximum atomic E-state index is 13.8. The number of hydrogen-bond donors (Lipinski definition) is 3. The number of nitrogens with one attached hydrogen (secondary N) is 2. The number of hydrogen-bond acceptors (Lipinski definition) is 3. The van der Waals surface area contributed by atoms with Crippen molar-refractivity contribution in [1.82, 2.24) is 10.6 Å². The topological polar surface area (TPSA) is 84.2 Å². The third kappa shape index (κ3) is 4.42. The first-order chi connectivity index (χ1) is 10.8. The molecule has 1 saturated carbocycles. The first kappa shape index (κ1) is 17.7. The molecule has 1 aromatic carbocycles. The molecule has 4 N–H and O–H groups in total. The third-order valence-corrected chi connectivity index (χ3v) is 4.28. The van der Waals surface area contributed by atoms with Crippen molar-refractivity contribution in [1.29, 1.82) is 0 Å². The van der Waals surface area contributed by atoms with Crippen molar-refractivity contribution in [3.05, 3.63) is 34.6 Å². The van der Waals surface area contributed by atoms with Gasteiger partial charge in [-0.1, -0.05) is 31.5 Å². The lowest BCUT2D eigenvalue weighted by molar-refractivity contribution is -0.127. The zero-order chi connectivity index (χ0) is 17.1. The maximum absolute atomic E-state index is 13.8. The fourth-order valence-electron chi connectivity index (χ4n) is 2.38. The Morgan fingerprint density at radius 1 is 1.43 bits per heavy atom. The van der Waals surface area contributed by atoms with Gasteiger partial charge in [-0.15, -0.1) is 0 Å². The molecule has 1 fully saturated rings. The van der Waals surface area contributed by atoms with E-state index >= 15 is 0 Å². The van der Waals surface area contributed by atoms with Crippen LogP contribution in [0.15, 0.2) is 18.2 Å². The van der Waals surface area contributed by atoms with Crippen LogP contribution in [0.25, 0.3) is 0 Å². The minimum absolute atomic E-state index is 0.00549. The molecule has 0 bridgehead atoms. The monoisotopic (exact) mass is 341 g/mol. The summed E-state index contributed by atoms with van der Waals surface area (Å²) in [7, 11) is 0. The molecule has 1 aromatic rings. The van der Waals surface area contributed by atoms with E-state index in [9.17, 15) is 14.0 Å². The van der Waals surface area contributed by atoms with Crippen LogP contribution in [-0.2, 0) is 9.59 Å². The summed E-state index contributed by atoms with van der Waals surface area (Å²) in [4.78, 5) is 23.5. The van der Waals surface area contributed by atoms with Gasteiger partial charge >= 0.3 is 0 Å². The van der Waals surface area contributed by atoms with Gasteiger partial charge in [0.05, 0.1) is 12.6 Å². The van der Waals surface area contributed by atoms with Crippen LogP contribution in [-0.4, -0.2) is 30.4 Å². The van der Waals surface area contributed by atoms with Gasteiger partial charge in [0, 0.05) is 22.5 Å². The van der Waals surface area contributed by atoms with Crippen molar-refractivity contribution >= 4 is 23.4 Å². The highest BCUT2D eigenvalue weighted by Crippen LogP contribution is 2.44. The highest BCUT2D eigenvalue weighted by atomic mass is 35.5. The molecule has 2 rings (SSSR count). The molecule has 0 aromatic heterocycles. The number of benzene rings is 1. The second kappa shape index (κ2) is 7.27. The molecule has 126 valence electrons. The Morgan fingerprint density at radius 3 is 2.74 bits per heavy atom. The van der Waals surface area contributed by atoms with Gasteiger partial charge in [-0.25, -0.2) is 4.39 Å². The van der Waals surface area contributed by atoms with Gasteiger partial charge in [-0.2, -0.15) is 0 Å². The Kier molecular flexibility index (Phi) is 5.59. The third-order valence-electron chi connectivity index (χ3n) is 3.95. The van der Waals surface area contributed by atoms with Crippen LogP contribution in [0.5, 0.6) is 0 Å². The number of amides is 2. The second-order valence-corrected chi connectivity index (χ2v) is 6.55. The zero-order valence-corrected chi connectivity index (χ0v) is 13.9. The van der Waals surface area contributed by atoms with Gasteiger partial charge < -0.3 is 16.4 Å². The summed E-state index contributed by atoms with van der Waals surface area (Å²) in [5, 5.41) is 5.62. The molecular formula is C16H21ClFN3O2. The fraction of sp³-hybridized carbons (Fsp3) is 0.500. The van der Waals surface area contributed by atoms with Gasteiger partial charge in [-0.05, 0) is 24.5 Å². The highest BCUT2D eigenvalue weighted by molar-refractivity contribution is 6.31. The number of halogens is 2. The molecule has 1 aliphatic rings. The summed E-state index contributed by atoms with van der Waals surface area (Å²) in [6.45, 7) is 3.52. The summed E-state index contributed by atoms with van der Waals surface area (Å²) in [5.41, 5.74) is 6.13. The maximum Gasteiger partial charge on any atom is 0.239 e. The Labute approximate surface area is 139 Å². The number of nitrogens with two attached hydrogens (primary N) is 1. The summed E-state index contributed by atoms with van der Waals surface area (Å²) in [5.74, 6) is -1.18. The van der Waals surface area contributed by atoms with Crippen molar-refractivity contribution in [3.8, 4) is 0 Å². The van der Waals surface area contributed by atoms with Gasteiger partial charge in [-0.3, -0.25) is 9.59 Å². The lowest BCUT2D eigenvalue weighted by Gasteiger charge is -2.15. The smallest absolute Gasteiger partial charge is 0.239 e. The summed E-state index contributed by atoms with van der Waals surface area (Å²) in [6, 6.07) is 3.72. The Morgan fingerprint density at radius 2 is 2.13 bits per heavy atom. The molecule has 0 saturated heterocycles. The van der Waals surface area contributed by atoms with Crippen LogP contribution in [0.1, 0.15) is 31.7 Å². The van der Waals surface area contributed by atoms with Crippen LogP contribution >= 0.6 is 11.6 Å². The second-order valence-electron chi connectivity index (χ2n) is 6.14. The van der Waals surface area contributed by atoms with Gasteiger partial charge in [0.2, 0.25) is 11.8 Å². The molecule has 2 amide bonds. The van der Waals surface area contributed by atoms with Crippen LogP contribution in [0, 0.1) is 11.7 Å². The Hall–Kier alpha value is -1.66. The van der Waals surface area contributed by atoms with E-state index in [2.05, 4.69) is 10.6 Å². The first-order valence-electron chi connectivity index (χ1n) is 7.57. The molecule has 3 atom stereocenters. The molecular weight excluding hydrogens is 321 g/mol. The lowest BCUT2D eigenvalue weighted by Crippen LogP contribution is -2.47. The van der Waals surface area contributed by atoms with Gasteiger partial charge in [0.15, 0.2) is 0 Å². The molecule has 7 heteroatoms. The number of carbonyl (C=O) groups is 2. The van der Waals surface area contributed by atoms with E-state index in [0.717, 1.165) is 0 Å². The number of carbonyl (C=O) groups excluding carboxylic acids is 2.